The predicted octanol–water partition coefficient (Wildman–Crippen LogP) is 2.19. The molecule has 0 aliphatic carbocycles. The second-order valence-electron chi connectivity index (χ2n) is 4.30. The van der Waals surface area contributed by atoms with Crippen molar-refractivity contribution in [1.29, 1.82) is 0 Å². The van der Waals surface area contributed by atoms with Gasteiger partial charge in [0.25, 0.3) is 0 Å². The third kappa shape index (κ3) is 2.39. The van der Waals surface area contributed by atoms with Crippen LogP contribution >= 0.6 is 0 Å². The zero-order chi connectivity index (χ0) is 11.5. The molecule has 0 heterocycles. The molecular formula is C13H21NO. The Kier molecular flexibility index (Phi) is 3.89. The second-order valence-corrected chi connectivity index (χ2v) is 4.30. The van der Waals surface area contributed by atoms with Gasteiger partial charge in [-0.3, -0.25) is 0 Å². The first-order chi connectivity index (χ1) is 7.04. The summed E-state index contributed by atoms with van der Waals surface area (Å²) in [5.74, 6) is 0.110. The molecule has 0 bridgehead atoms. The zero-order valence-electron chi connectivity index (χ0n) is 9.83. The Balaban J connectivity index is 3.09. The van der Waals surface area contributed by atoms with Crippen LogP contribution in [0.2, 0.25) is 0 Å². The van der Waals surface area contributed by atoms with Crippen molar-refractivity contribution in [3.05, 3.63) is 35.4 Å². The van der Waals surface area contributed by atoms with Crippen LogP contribution in [0.1, 0.15) is 31.4 Å². The number of hydrogen-bond acceptors (Lipinski definition) is 2. The van der Waals surface area contributed by atoms with E-state index in [1.165, 1.54) is 0 Å². The topological polar surface area (TPSA) is 46.2 Å². The number of benzene rings is 1. The van der Waals surface area contributed by atoms with Crippen LogP contribution < -0.4 is 5.73 Å². The van der Waals surface area contributed by atoms with E-state index in [1.807, 2.05) is 38.1 Å². The Labute approximate surface area is 92.1 Å². The lowest BCUT2D eigenvalue weighted by atomic mass is 9.79. The van der Waals surface area contributed by atoms with E-state index in [4.69, 9.17) is 5.73 Å². The molecule has 84 valence electrons. The summed E-state index contributed by atoms with van der Waals surface area (Å²) in [6, 6.07) is 7.94. The van der Waals surface area contributed by atoms with Gasteiger partial charge in [0.1, 0.15) is 0 Å². The Morgan fingerprint density at radius 2 is 2.00 bits per heavy atom. The smallest absolute Gasteiger partial charge is 0.0911 e. The molecule has 0 saturated heterocycles. The van der Waals surface area contributed by atoms with Crippen molar-refractivity contribution < 1.29 is 5.11 Å². The van der Waals surface area contributed by atoms with Crippen molar-refractivity contribution in [1.82, 2.24) is 0 Å². The van der Waals surface area contributed by atoms with Gasteiger partial charge in [0.05, 0.1) is 5.60 Å². The summed E-state index contributed by atoms with van der Waals surface area (Å²) >= 11 is 0. The molecular weight excluding hydrogens is 186 g/mol. The largest absolute Gasteiger partial charge is 0.385 e. The fraction of sp³-hybridized carbons (Fsp3) is 0.538. The van der Waals surface area contributed by atoms with E-state index in [0.717, 1.165) is 17.5 Å². The van der Waals surface area contributed by atoms with Gasteiger partial charge in [-0.25, -0.2) is 0 Å². The molecule has 0 aliphatic heterocycles. The summed E-state index contributed by atoms with van der Waals surface area (Å²) in [6.07, 6.45) is 0.887. The van der Waals surface area contributed by atoms with Crippen molar-refractivity contribution in [2.45, 2.75) is 32.8 Å². The van der Waals surface area contributed by atoms with E-state index in [0.29, 0.717) is 6.54 Å². The number of rotatable bonds is 4. The number of hydrogen-bond donors (Lipinski definition) is 2. The first-order valence-corrected chi connectivity index (χ1v) is 5.52. The minimum absolute atomic E-state index is 0.110. The maximum Gasteiger partial charge on any atom is 0.0911 e. The van der Waals surface area contributed by atoms with Gasteiger partial charge >= 0.3 is 0 Å². The summed E-state index contributed by atoms with van der Waals surface area (Å²) in [6.45, 7) is 6.45. The van der Waals surface area contributed by atoms with Gasteiger partial charge in [-0.2, -0.15) is 0 Å². The number of nitrogens with two attached hydrogens (primary N) is 1. The summed E-state index contributed by atoms with van der Waals surface area (Å²) in [5.41, 5.74) is 6.98. The molecule has 3 N–H and O–H groups in total. The van der Waals surface area contributed by atoms with Gasteiger partial charge in [0.15, 0.2) is 0 Å². The van der Waals surface area contributed by atoms with Crippen LogP contribution in [-0.4, -0.2) is 11.7 Å². The summed E-state index contributed by atoms with van der Waals surface area (Å²) in [5, 5.41) is 10.5. The molecule has 1 aromatic carbocycles. The molecule has 2 unspecified atom stereocenters. The van der Waals surface area contributed by atoms with E-state index in [-0.39, 0.29) is 5.92 Å². The molecule has 2 atom stereocenters. The zero-order valence-corrected chi connectivity index (χ0v) is 9.83. The molecule has 0 fully saturated rings. The molecule has 0 aromatic heterocycles. The number of aliphatic hydroxyl groups is 1. The van der Waals surface area contributed by atoms with Gasteiger partial charge in [0.2, 0.25) is 0 Å². The molecule has 1 rings (SSSR count). The van der Waals surface area contributed by atoms with Gasteiger partial charge < -0.3 is 10.8 Å². The Hall–Kier alpha value is -0.860. The minimum atomic E-state index is -0.825. The molecule has 15 heavy (non-hydrogen) atoms. The molecule has 0 amide bonds. The Morgan fingerprint density at radius 1 is 1.40 bits per heavy atom. The highest BCUT2D eigenvalue weighted by Gasteiger charge is 2.32. The highest BCUT2D eigenvalue weighted by molar-refractivity contribution is 5.31. The van der Waals surface area contributed by atoms with Crippen molar-refractivity contribution in [2.75, 3.05) is 6.54 Å². The molecule has 2 heteroatoms. The maximum absolute atomic E-state index is 10.5. The van der Waals surface area contributed by atoms with Crippen molar-refractivity contribution >= 4 is 0 Å². The Morgan fingerprint density at radius 3 is 2.47 bits per heavy atom. The average Bonchev–Trinajstić information content (AvgIpc) is 2.19. The molecule has 0 spiro atoms. The lowest BCUT2D eigenvalue weighted by Gasteiger charge is -2.33. The standard InChI is InChI=1S/C13H21NO/c1-4-11(9-14)13(3,15)12-8-6-5-7-10(12)2/h5-8,11,15H,4,9,14H2,1-3H3. The molecule has 1 aromatic rings. The summed E-state index contributed by atoms with van der Waals surface area (Å²) in [4.78, 5) is 0. The summed E-state index contributed by atoms with van der Waals surface area (Å²) in [7, 11) is 0. The quantitative estimate of drug-likeness (QED) is 0.795. The van der Waals surface area contributed by atoms with Crippen LogP contribution in [0.5, 0.6) is 0 Å². The van der Waals surface area contributed by atoms with Crippen molar-refractivity contribution in [3.63, 3.8) is 0 Å². The highest BCUT2D eigenvalue weighted by Crippen LogP contribution is 2.32. The first kappa shape index (κ1) is 12.2. The highest BCUT2D eigenvalue weighted by atomic mass is 16.3. The van der Waals surface area contributed by atoms with Crippen molar-refractivity contribution in [3.8, 4) is 0 Å². The van der Waals surface area contributed by atoms with Crippen LogP contribution in [0.25, 0.3) is 0 Å². The fourth-order valence-electron chi connectivity index (χ4n) is 2.15. The maximum atomic E-state index is 10.5. The Bertz CT molecular complexity index is 316. The molecule has 0 aliphatic rings. The SMILES string of the molecule is CCC(CN)C(C)(O)c1ccccc1C. The van der Waals surface area contributed by atoms with Crippen LogP contribution in [0.4, 0.5) is 0 Å². The summed E-state index contributed by atoms with van der Waals surface area (Å²) < 4.78 is 0. The molecule has 2 nitrogen and oxygen atoms in total. The normalized spacial score (nSPS) is 17.1. The molecule has 0 radical (unpaired) electrons. The van der Waals surface area contributed by atoms with E-state index < -0.39 is 5.60 Å². The molecule has 0 saturated carbocycles. The van der Waals surface area contributed by atoms with E-state index in [2.05, 4.69) is 6.92 Å². The van der Waals surface area contributed by atoms with Crippen LogP contribution in [0.15, 0.2) is 24.3 Å². The van der Waals surface area contributed by atoms with Gasteiger partial charge in [0, 0.05) is 5.92 Å². The van der Waals surface area contributed by atoms with Gasteiger partial charge in [-0.1, -0.05) is 31.2 Å². The average molecular weight is 207 g/mol. The number of aryl methyl sites for hydroxylation is 1. The van der Waals surface area contributed by atoms with Gasteiger partial charge in [-0.05, 0) is 37.9 Å². The third-order valence-electron chi connectivity index (χ3n) is 3.26. The second kappa shape index (κ2) is 4.77. The van der Waals surface area contributed by atoms with E-state index in [9.17, 15) is 5.11 Å². The third-order valence-corrected chi connectivity index (χ3v) is 3.26. The van der Waals surface area contributed by atoms with Crippen molar-refractivity contribution in [2.24, 2.45) is 11.7 Å². The van der Waals surface area contributed by atoms with E-state index >= 15 is 0 Å². The monoisotopic (exact) mass is 207 g/mol. The van der Waals surface area contributed by atoms with Crippen LogP contribution in [0.3, 0.4) is 0 Å². The lowest BCUT2D eigenvalue weighted by molar-refractivity contribution is -0.00456. The van der Waals surface area contributed by atoms with E-state index in [1.54, 1.807) is 0 Å². The lowest BCUT2D eigenvalue weighted by Crippen LogP contribution is -2.37. The predicted molar refractivity (Wildman–Crippen MR) is 63.6 cm³/mol. The van der Waals surface area contributed by atoms with Crippen LogP contribution in [-0.2, 0) is 5.60 Å². The fourth-order valence-corrected chi connectivity index (χ4v) is 2.15. The van der Waals surface area contributed by atoms with Gasteiger partial charge in [-0.15, -0.1) is 0 Å². The minimum Gasteiger partial charge on any atom is -0.385 e. The van der Waals surface area contributed by atoms with Crippen LogP contribution in [0, 0.1) is 12.8 Å². The first-order valence-electron chi connectivity index (χ1n) is 5.52.